The molecule has 0 spiro atoms. The van der Waals surface area contributed by atoms with Crippen LogP contribution in [0, 0.1) is 25.2 Å². The van der Waals surface area contributed by atoms with Crippen LogP contribution >= 0.6 is 0 Å². The molecule has 2 atom stereocenters. The highest BCUT2D eigenvalue weighted by molar-refractivity contribution is 5.85. The van der Waals surface area contributed by atoms with Crippen LogP contribution in [-0.4, -0.2) is 47.9 Å². The van der Waals surface area contributed by atoms with E-state index in [0.717, 1.165) is 39.3 Å². The van der Waals surface area contributed by atoms with Crippen molar-refractivity contribution in [1.82, 2.24) is 9.88 Å². The number of aliphatic hydroxyl groups excluding tert-OH is 1. The van der Waals surface area contributed by atoms with Gasteiger partial charge >= 0.3 is 0 Å². The monoisotopic (exact) mass is 314 g/mol. The van der Waals surface area contributed by atoms with Crippen molar-refractivity contribution in [3.05, 3.63) is 35.0 Å². The molecule has 4 heteroatoms. The van der Waals surface area contributed by atoms with E-state index < -0.39 is 0 Å². The minimum absolute atomic E-state index is 0.0504. The molecule has 3 heterocycles. The van der Waals surface area contributed by atoms with Crippen molar-refractivity contribution < 1.29 is 9.84 Å². The fourth-order valence-electron chi connectivity index (χ4n) is 4.41. The number of aromatic nitrogens is 1. The van der Waals surface area contributed by atoms with Gasteiger partial charge in [0.1, 0.15) is 0 Å². The molecular weight excluding hydrogens is 288 g/mol. The molecule has 2 aliphatic rings. The van der Waals surface area contributed by atoms with Gasteiger partial charge in [0.25, 0.3) is 0 Å². The second kappa shape index (κ2) is 5.62. The predicted molar refractivity (Wildman–Crippen MR) is 91.5 cm³/mol. The third-order valence-electron chi connectivity index (χ3n) is 5.96. The van der Waals surface area contributed by atoms with Gasteiger partial charge in [-0.15, -0.1) is 0 Å². The fraction of sp³-hybridized carbons (Fsp3) is 0.579. The van der Waals surface area contributed by atoms with Crippen molar-refractivity contribution in [2.45, 2.75) is 26.8 Å². The Labute approximate surface area is 137 Å². The maximum absolute atomic E-state index is 9.95. The van der Waals surface area contributed by atoms with Crippen LogP contribution in [-0.2, 0) is 11.3 Å². The Kier molecular flexibility index (Phi) is 3.71. The van der Waals surface area contributed by atoms with Gasteiger partial charge in [0.05, 0.1) is 13.2 Å². The van der Waals surface area contributed by atoms with Gasteiger partial charge in [-0.2, -0.15) is 0 Å². The molecule has 23 heavy (non-hydrogen) atoms. The summed E-state index contributed by atoms with van der Waals surface area (Å²) in [7, 11) is 0. The predicted octanol–water partition coefficient (Wildman–Crippen LogP) is 2.62. The SMILES string of the molecule is Cc1ccc2[nH]c(CN3C[C@@H]4COCC[C@]4(CO)C3)c(C)c2c1. The average molecular weight is 314 g/mol. The molecule has 2 N–H and O–H groups in total. The van der Waals surface area contributed by atoms with Crippen LogP contribution in [0.3, 0.4) is 0 Å². The molecule has 0 bridgehead atoms. The fourth-order valence-corrected chi connectivity index (χ4v) is 4.41. The van der Waals surface area contributed by atoms with E-state index in [1.807, 2.05) is 0 Å². The number of nitrogens with one attached hydrogen (secondary N) is 1. The molecule has 0 saturated carbocycles. The molecule has 0 amide bonds. The summed E-state index contributed by atoms with van der Waals surface area (Å²) in [6.07, 6.45) is 0.982. The summed E-state index contributed by atoms with van der Waals surface area (Å²) >= 11 is 0. The van der Waals surface area contributed by atoms with E-state index in [0.29, 0.717) is 5.92 Å². The quantitative estimate of drug-likeness (QED) is 0.915. The summed E-state index contributed by atoms with van der Waals surface area (Å²) < 4.78 is 5.65. The van der Waals surface area contributed by atoms with Crippen molar-refractivity contribution >= 4 is 10.9 Å². The van der Waals surface area contributed by atoms with E-state index in [-0.39, 0.29) is 12.0 Å². The lowest BCUT2D eigenvalue weighted by Crippen LogP contribution is -2.41. The van der Waals surface area contributed by atoms with E-state index in [2.05, 4.69) is 41.9 Å². The highest BCUT2D eigenvalue weighted by atomic mass is 16.5. The molecule has 2 aliphatic heterocycles. The molecule has 1 aromatic carbocycles. The zero-order valence-electron chi connectivity index (χ0n) is 14.1. The summed E-state index contributed by atoms with van der Waals surface area (Å²) in [6.45, 7) is 9.14. The lowest BCUT2D eigenvalue weighted by molar-refractivity contribution is -0.0417. The van der Waals surface area contributed by atoms with E-state index in [4.69, 9.17) is 4.74 Å². The molecule has 2 saturated heterocycles. The summed E-state index contributed by atoms with van der Waals surface area (Å²) in [5, 5.41) is 11.3. The third-order valence-corrected chi connectivity index (χ3v) is 5.96. The van der Waals surface area contributed by atoms with Gasteiger partial charge in [-0.25, -0.2) is 0 Å². The molecule has 4 nitrogen and oxygen atoms in total. The Hall–Kier alpha value is -1.36. The highest BCUT2D eigenvalue weighted by Gasteiger charge is 2.47. The zero-order valence-corrected chi connectivity index (χ0v) is 14.1. The number of hydrogen-bond donors (Lipinski definition) is 2. The number of nitrogens with zero attached hydrogens (tertiary/aromatic N) is 1. The zero-order chi connectivity index (χ0) is 16.0. The van der Waals surface area contributed by atoms with Gasteiger partial charge in [0.2, 0.25) is 0 Å². The van der Waals surface area contributed by atoms with E-state index in [1.165, 1.54) is 27.7 Å². The number of rotatable bonds is 3. The maximum atomic E-state index is 9.95. The van der Waals surface area contributed by atoms with Crippen molar-refractivity contribution in [1.29, 1.82) is 0 Å². The number of fused-ring (bicyclic) bond motifs is 2. The Morgan fingerprint density at radius 2 is 2.26 bits per heavy atom. The summed E-state index contributed by atoms with van der Waals surface area (Å²) in [4.78, 5) is 6.08. The van der Waals surface area contributed by atoms with Crippen molar-refractivity contribution in [2.75, 3.05) is 32.9 Å². The number of benzene rings is 1. The van der Waals surface area contributed by atoms with Crippen molar-refractivity contribution in [3.63, 3.8) is 0 Å². The molecule has 0 aliphatic carbocycles. The normalized spacial score (nSPS) is 28.4. The molecule has 4 rings (SSSR count). The Morgan fingerprint density at radius 3 is 3.04 bits per heavy atom. The van der Waals surface area contributed by atoms with Crippen LogP contribution in [0.15, 0.2) is 18.2 Å². The van der Waals surface area contributed by atoms with Gasteiger partial charge in [-0.3, -0.25) is 4.90 Å². The average Bonchev–Trinajstić information content (AvgIpc) is 3.07. The van der Waals surface area contributed by atoms with E-state index >= 15 is 0 Å². The summed E-state index contributed by atoms with van der Waals surface area (Å²) in [5.41, 5.74) is 5.23. The molecule has 124 valence electrons. The first-order valence-corrected chi connectivity index (χ1v) is 8.60. The first-order chi connectivity index (χ1) is 11.1. The van der Waals surface area contributed by atoms with Crippen LogP contribution in [0.4, 0.5) is 0 Å². The van der Waals surface area contributed by atoms with Gasteiger partial charge in [0, 0.05) is 54.2 Å². The third kappa shape index (κ3) is 2.49. The van der Waals surface area contributed by atoms with Crippen LogP contribution in [0.5, 0.6) is 0 Å². The number of aromatic amines is 1. The molecule has 2 aromatic rings. The molecular formula is C19H26N2O2. The van der Waals surface area contributed by atoms with Crippen LogP contribution in [0.2, 0.25) is 0 Å². The standard InChI is InChI=1S/C19H26N2O2/c1-13-3-4-17-16(7-13)14(2)18(20-17)9-21-8-15-10-23-6-5-19(15,11-21)12-22/h3-4,7,15,20,22H,5-6,8-12H2,1-2H3/t15-,19-/m1/s1. The topological polar surface area (TPSA) is 48.5 Å². The Morgan fingerprint density at radius 1 is 1.39 bits per heavy atom. The number of H-pyrrole nitrogens is 1. The minimum Gasteiger partial charge on any atom is -0.396 e. The van der Waals surface area contributed by atoms with Crippen LogP contribution in [0.25, 0.3) is 10.9 Å². The van der Waals surface area contributed by atoms with Crippen LogP contribution < -0.4 is 0 Å². The molecule has 2 fully saturated rings. The Balaban J connectivity index is 1.58. The largest absolute Gasteiger partial charge is 0.396 e. The lowest BCUT2D eigenvalue weighted by Gasteiger charge is -2.36. The maximum Gasteiger partial charge on any atom is 0.0513 e. The van der Waals surface area contributed by atoms with Gasteiger partial charge in [-0.1, -0.05) is 11.6 Å². The van der Waals surface area contributed by atoms with Crippen molar-refractivity contribution in [3.8, 4) is 0 Å². The minimum atomic E-state index is 0.0504. The Bertz CT molecular complexity index is 723. The highest BCUT2D eigenvalue weighted by Crippen LogP contribution is 2.42. The summed E-state index contributed by atoms with van der Waals surface area (Å²) in [6, 6.07) is 6.59. The number of aliphatic hydroxyl groups is 1. The van der Waals surface area contributed by atoms with Gasteiger partial charge in [0.15, 0.2) is 0 Å². The first-order valence-electron chi connectivity index (χ1n) is 8.60. The lowest BCUT2D eigenvalue weighted by atomic mass is 9.75. The summed E-state index contributed by atoms with van der Waals surface area (Å²) in [5.74, 6) is 0.466. The van der Waals surface area contributed by atoms with Crippen LogP contribution in [0.1, 0.15) is 23.2 Å². The number of likely N-dealkylation sites (tertiary alicyclic amines) is 1. The molecule has 1 aromatic heterocycles. The van der Waals surface area contributed by atoms with Gasteiger partial charge in [-0.05, 0) is 38.0 Å². The van der Waals surface area contributed by atoms with Crippen molar-refractivity contribution in [2.24, 2.45) is 11.3 Å². The number of ether oxygens (including phenoxy) is 1. The van der Waals surface area contributed by atoms with E-state index in [9.17, 15) is 5.11 Å². The number of hydrogen-bond acceptors (Lipinski definition) is 3. The molecule has 0 radical (unpaired) electrons. The smallest absolute Gasteiger partial charge is 0.0513 e. The van der Waals surface area contributed by atoms with Gasteiger partial charge < -0.3 is 14.8 Å². The number of aryl methyl sites for hydroxylation is 2. The second-order valence-corrected chi connectivity index (χ2v) is 7.49. The first kappa shape index (κ1) is 15.2. The molecule has 0 unspecified atom stereocenters. The van der Waals surface area contributed by atoms with E-state index in [1.54, 1.807) is 0 Å². The second-order valence-electron chi connectivity index (χ2n) is 7.49.